The van der Waals surface area contributed by atoms with Crippen LogP contribution < -0.4 is 14.9 Å². The van der Waals surface area contributed by atoms with Crippen molar-refractivity contribution in [3.63, 3.8) is 0 Å². The fourth-order valence-electron chi connectivity index (χ4n) is 11.1. The third-order valence-electron chi connectivity index (χ3n) is 15.5. The van der Waals surface area contributed by atoms with E-state index in [1.807, 2.05) is 23.1 Å². The number of H-pyrrole nitrogens is 1. The summed E-state index contributed by atoms with van der Waals surface area (Å²) in [4.78, 5) is 96.1. The molecule has 74 heavy (non-hydrogen) atoms. The first-order chi connectivity index (χ1) is 35.6. The molecule has 388 valence electrons. The maximum atomic E-state index is 15.7. The number of piperazine rings is 1. The van der Waals surface area contributed by atoms with E-state index in [2.05, 4.69) is 46.8 Å². The van der Waals surface area contributed by atoms with Crippen LogP contribution in [0.5, 0.6) is 0 Å². The molecule has 21 heteroatoms. The van der Waals surface area contributed by atoms with Crippen LogP contribution in [0.2, 0.25) is 0 Å². The third kappa shape index (κ3) is 9.92. The molecule has 4 fully saturated rings. The van der Waals surface area contributed by atoms with Crippen molar-refractivity contribution in [2.45, 2.75) is 70.5 Å². The summed E-state index contributed by atoms with van der Waals surface area (Å²) in [5.41, 5.74) is 2.76. The van der Waals surface area contributed by atoms with Gasteiger partial charge in [0.05, 0.1) is 28.1 Å². The Balaban J connectivity index is 0.678. The van der Waals surface area contributed by atoms with Crippen LogP contribution in [0.1, 0.15) is 94.1 Å². The smallest absolute Gasteiger partial charge is 0.301 e. The zero-order valence-electron chi connectivity index (χ0n) is 41.2. The summed E-state index contributed by atoms with van der Waals surface area (Å²) in [5, 5.41) is 2.60. The van der Waals surface area contributed by atoms with Gasteiger partial charge in [-0.05, 0) is 79.5 Å². The van der Waals surface area contributed by atoms with Gasteiger partial charge in [0.15, 0.2) is 5.82 Å². The lowest BCUT2D eigenvalue weighted by Gasteiger charge is -2.43. The van der Waals surface area contributed by atoms with E-state index in [9.17, 15) is 37.2 Å². The lowest BCUT2D eigenvalue weighted by molar-refractivity contribution is -0.136. The normalized spacial score (nSPS) is 19.7. The monoisotopic (exact) mass is 1030 g/mol. The van der Waals surface area contributed by atoms with Crippen LogP contribution in [0.4, 0.5) is 20.2 Å². The Kier molecular flexibility index (Phi) is 14.2. The molecule has 1 unspecified atom stereocenters. The van der Waals surface area contributed by atoms with E-state index in [0.29, 0.717) is 53.4 Å². The standard InChI is InChI=1S/C53H58F2N10O8S/c1-3-60(2)74(72,73)59-41-12-11-40(54)47(48(41)55)49(68)39-30-57-50-38(39)28-35(29-56-50)34-9-7-33(8-10-34)31-61-23-25-62(26-24-61)36-17-21-64(22-18-36)45(67)27-32-15-19-63(20-16-32)42-6-4-5-37-46(42)53(71)65(52(37)70)43-13-14-44(66)58-51(43)69/h4-12,28-30,32,36,43,59H,3,13-27,31H2,1-2H3,(H,56,57)(H,58,66,69). The molecule has 5 aromatic rings. The van der Waals surface area contributed by atoms with E-state index in [1.165, 1.54) is 13.2 Å². The zero-order valence-corrected chi connectivity index (χ0v) is 42.1. The number of carbonyl (C=O) groups is 6. The minimum Gasteiger partial charge on any atom is -0.371 e. The fraction of sp³-hybridized carbons (Fsp3) is 0.415. The molecule has 4 saturated heterocycles. The van der Waals surface area contributed by atoms with Crippen molar-refractivity contribution in [2.75, 3.05) is 75.6 Å². The van der Waals surface area contributed by atoms with Gasteiger partial charge in [0.25, 0.3) is 11.8 Å². The molecule has 18 nitrogen and oxygen atoms in total. The molecule has 0 bridgehead atoms. The third-order valence-corrected chi connectivity index (χ3v) is 17.0. The SMILES string of the molecule is CCN(C)S(=O)(=O)Nc1ccc(F)c(C(=O)c2c[nH]c3ncc(-c4ccc(CN5CCN(C6CCN(C(=O)CC7CCN(c8cccc9c8C(=O)N(C8CCC(=O)NC8=O)C9=O)CC7)CC6)CC5)cc4)cc23)c1F. The van der Waals surface area contributed by atoms with E-state index < -0.39 is 68.5 Å². The number of aromatic amines is 1. The number of pyridine rings is 1. The number of nitrogens with zero attached hydrogens (tertiary/aromatic N) is 7. The van der Waals surface area contributed by atoms with Crippen LogP contribution in [0.3, 0.4) is 0 Å². The summed E-state index contributed by atoms with van der Waals surface area (Å²) in [6.07, 6.45) is 7.02. The molecule has 0 spiro atoms. The number of carbonyl (C=O) groups excluding carboxylic acids is 6. The van der Waals surface area contributed by atoms with E-state index in [-0.39, 0.29) is 42.3 Å². The molecule has 7 heterocycles. The molecule has 0 aliphatic carbocycles. The number of hydrogen-bond donors (Lipinski definition) is 3. The van der Waals surface area contributed by atoms with Crippen LogP contribution in [-0.4, -0.2) is 156 Å². The predicted octanol–water partition coefficient (Wildman–Crippen LogP) is 5.16. The number of hydrogen-bond acceptors (Lipinski definition) is 12. The van der Waals surface area contributed by atoms with Crippen molar-refractivity contribution in [2.24, 2.45) is 5.92 Å². The van der Waals surface area contributed by atoms with Gasteiger partial charge in [-0.3, -0.25) is 53.5 Å². The number of fused-ring (bicyclic) bond motifs is 2. The van der Waals surface area contributed by atoms with Gasteiger partial charge >= 0.3 is 10.2 Å². The first-order valence-electron chi connectivity index (χ1n) is 25.3. The van der Waals surface area contributed by atoms with Gasteiger partial charge < -0.3 is 14.8 Å². The minimum absolute atomic E-state index is 0.0169. The maximum Gasteiger partial charge on any atom is 0.301 e. The second-order valence-corrected chi connectivity index (χ2v) is 21.6. The van der Waals surface area contributed by atoms with Crippen molar-refractivity contribution < 1.29 is 46.0 Å². The molecule has 5 aliphatic rings. The van der Waals surface area contributed by atoms with Gasteiger partial charge in [0.1, 0.15) is 17.5 Å². The molecule has 2 aromatic heterocycles. The Morgan fingerprint density at radius 3 is 2.28 bits per heavy atom. The number of piperidine rings is 3. The van der Waals surface area contributed by atoms with Gasteiger partial charge in [0, 0.05) is 120 Å². The molecule has 3 N–H and O–H groups in total. The fourth-order valence-corrected chi connectivity index (χ4v) is 12.0. The topological polar surface area (TPSA) is 209 Å². The molecule has 0 radical (unpaired) electrons. The average molecular weight is 1030 g/mol. The highest BCUT2D eigenvalue weighted by Gasteiger charge is 2.46. The lowest BCUT2D eigenvalue weighted by atomic mass is 9.91. The van der Waals surface area contributed by atoms with Crippen LogP contribution in [-0.2, 0) is 31.1 Å². The van der Waals surface area contributed by atoms with Crippen molar-refractivity contribution in [1.82, 2.24) is 39.2 Å². The first kappa shape index (κ1) is 50.6. The van der Waals surface area contributed by atoms with Crippen molar-refractivity contribution >= 4 is 67.9 Å². The van der Waals surface area contributed by atoms with Crippen LogP contribution in [0.25, 0.3) is 22.2 Å². The Hall–Kier alpha value is -6.94. The highest BCUT2D eigenvalue weighted by Crippen LogP contribution is 2.37. The number of halogens is 2. The van der Waals surface area contributed by atoms with Crippen molar-refractivity contribution in [1.29, 1.82) is 0 Å². The van der Waals surface area contributed by atoms with E-state index in [1.54, 1.807) is 31.3 Å². The second kappa shape index (κ2) is 20.8. The number of aromatic nitrogens is 2. The number of anilines is 2. The Labute approximate surface area is 427 Å². The summed E-state index contributed by atoms with van der Waals surface area (Å²) in [6.45, 7) is 8.87. The minimum atomic E-state index is -4.14. The van der Waals surface area contributed by atoms with Gasteiger partial charge in [-0.1, -0.05) is 37.3 Å². The van der Waals surface area contributed by atoms with Gasteiger partial charge in [0.2, 0.25) is 23.5 Å². The molecular weight excluding hydrogens is 975 g/mol. The second-order valence-electron chi connectivity index (χ2n) is 19.9. The van der Waals surface area contributed by atoms with Gasteiger partial charge in [-0.2, -0.15) is 12.7 Å². The number of imide groups is 2. The predicted molar refractivity (Wildman–Crippen MR) is 271 cm³/mol. The van der Waals surface area contributed by atoms with Crippen molar-refractivity contribution in [3.05, 3.63) is 113 Å². The van der Waals surface area contributed by atoms with Gasteiger partial charge in [-0.25, -0.2) is 13.8 Å². The summed E-state index contributed by atoms with van der Waals surface area (Å²) < 4.78 is 59.0. The van der Waals surface area contributed by atoms with E-state index >= 15 is 8.78 Å². The summed E-state index contributed by atoms with van der Waals surface area (Å²) in [6, 6.07) is 16.2. The molecule has 1 atom stereocenters. The van der Waals surface area contributed by atoms with E-state index in [0.717, 1.165) is 104 Å². The van der Waals surface area contributed by atoms with Crippen LogP contribution in [0.15, 0.2) is 73.1 Å². The Morgan fingerprint density at radius 1 is 0.851 bits per heavy atom. The average Bonchev–Trinajstić information content (AvgIpc) is 3.94. The quantitative estimate of drug-likeness (QED) is 0.0974. The first-order valence-corrected chi connectivity index (χ1v) is 26.7. The highest BCUT2D eigenvalue weighted by atomic mass is 32.2. The summed E-state index contributed by atoms with van der Waals surface area (Å²) in [7, 11) is -2.84. The number of ketones is 1. The molecule has 0 saturated carbocycles. The molecular formula is C53H58F2N10O8S. The number of nitrogens with one attached hydrogen (secondary N) is 3. The lowest BCUT2D eigenvalue weighted by Crippen LogP contribution is -2.54. The Morgan fingerprint density at radius 2 is 1.58 bits per heavy atom. The maximum absolute atomic E-state index is 15.7. The number of rotatable bonds is 14. The van der Waals surface area contributed by atoms with Gasteiger partial charge in [-0.15, -0.1) is 0 Å². The zero-order chi connectivity index (χ0) is 52.0. The number of benzene rings is 3. The Bertz CT molecular complexity index is 3160. The molecule has 5 aliphatic heterocycles. The summed E-state index contributed by atoms with van der Waals surface area (Å²) >= 11 is 0. The molecule has 10 rings (SSSR count). The number of amides is 5. The number of likely N-dealkylation sites (tertiary alicyclic amines) is 1. The molecule has 3 aromatic carbocycles. The van der Waals surface area contributed by atoms with Crippen molar-refractivity contribution in [3.8, 4) is 11.1 Å². The molecule has 5 amide bonds. The summed E-state index contributed by atoms with van der Waals surface area (Å²) in [5.74, 6) is -5.13. The highest BCUT2D eigenvalue weighted by molar-refractivity contribution is 7.90. The van der Waals surface area contributed by atoms with E-state index in [4.69, 9.17) is 0 Å². The van der Waals surface area contributed by atoms with Crippen LogP contribution >= 0.6 is 0 Å². The largest absolute Gasteiger partial charge is 0.371 e. The van der Waals surface area contributed by atoms with Crippen LogP contribution in [0, 0.1) is 17.6 Å².